The first-order valence-electron chi connectivity index (χ1n) is 9.96. The van der Waals surface area contributed by atoms with E-state index in [0.717, 1.165) is 33.5 Å². The van der Waals surface area contributed by atoms with Gasteiger partial charge in [-0.2, -0.15) is 0 Å². The average Bonchev–Trinajstić information content (AvgIpc) is 3.34. The summed E-state index contributed by atoms with van der Waals surface area (Å²) in [4.78, 5) is 4.67. The summed E-state index contributed by atoms with van der Waals surface area (Å²) in [5.41, 5.74) is 6.46. The molecule has 0 N–H and O–H groups in total. The monoisotopic (exact) mass is 391 g/mol. The minimum atomic E-state index is -0.214. The van der Waals surface area contributed by atoms with E-state index in [1.54, 1.807) is 0 Å². The highest BCUT2D eigenvalue weighted by atomic mass is 19.1. The molecule has 0 atom stereocenters. The standard InChI is InChI=1S/C26H18FN3/c27-20-12-10-18(11-13-20)16-29-23-9-5-4-8-21(23)22-14-26-28-15-24(30(26)17-25(22)29)19-6-2-1-3-7-19/h1-15,17H,16H2. The molecule has 30 heavy (non-hydrogen) atoms. The summed E-state index contributed by atoms with van der Waals surface area (Å²) in [6.07, 6.45) is 4.10. The predicted octanol–water partition coefficient (Wildman–Crippen LogP) is 6.30. The Morgan fingerprint density at radius 2 is 1.53 bits per heavy atom. The normalized spacial score (nSPS) is 11.6. The maximum absolute atomic E-state index is 13.4. The van der Waals surface area contributed by atoms with Crippen LogP contribution in [0.2, 0.25) is 0 Å². The number of halogens is 1. The van der Waals surface area contributed by atoms with Crippen LogP contribution in [-0.4, -0.2) is 14.0 Å². The second-order valence-corrected chi connectivity index (χ2v) is 7.54. The lowest BCUT2D eigenvalue weighted by Gasteiger charge is -2.09. The molecule has 0 bridgehead atoms. The molecular formula is C26H18FN3. The van der Waals surface area contributed by atoms with Crippen LogP contribution in [0.1, 0.15) is 5.56 Å². The van der Waals surface area contributed by atoms with Crippen LogP contribution in [0, 0.1) is 5.82 Å². The van der Waals surface area contributed by atoms with Gasteiger partial charge in [0, 0.05) is 34.6 Å². The molecule has 0 radical (unpaired) electrons. The Kier molecular flexibility index (Phi) is 3.71. The third kappa shape index (κ3) is 2.61. The fourth-order valence-corrected chi connectivity index (χ4v) is 4.28. The summed E-state index contributed by atoms with van der Waals surface area (Å²) in [7, 11) is 0. The molecule has 0 saturated heterocycles. The van der Waals surface area contributed by atoms with Crippen molar-refractivity contribution in [2.75, 3.05) is 0 Å². The second kappa shape index (κ2) is 6.56. The number of benzene rings is 3. The third-order valence-electron chi connectivity index (χ3n) is 5.73. The Hall–Kier alpha value is -3.92. The van der Waals surface area contributed by atoms with Crippen molar-refractivity contribution in [3.8, 4) is 11.3 Å². The predicted molar refractivity (Wildman–Crippen MR) is 119 cm³/mol. The van der Waals surface area contributed by atoms with Crippen molar-refractivity contribution in [1.82, 2.24) is 14.0 Å². The number of nitrogens with zero attached hydrogens (tertiary/aromatic N) is 3. The fourth-order valence-electron chi connectivity index (χ4n) is 4.28. The smallest absolute Gasteiger partial charge is 0.137 e. The number of rotatable bonds is 3. The average molecular weight is 391 g/mol. The number of fused-ring (bicyclic) bond motifs is 4. The molecule has 4 heteroatoms. The molecule has 0 aliphatic heterocycles. The summed E-state index contributed by atoms with van der Waals surface area (Å²) >= 11 is 0. The molecule has 0 fully saturated rings. The van der Waals surface area contributed by atoms with Crippen LogP contribution in [0.4, 0.5) is 4.39 Å². The van der Waals surface area contributed by atoms with Gasteiger partial charge in [-0.25, -0.2) is 9.37 Å². The van der Waals surface area contributed by atoms with E-state index in [0.29, 0.717) is 6.54 Å². The van der Waals surface area contributed by atoms with Gasteiger partial charge in [0.15, 0.2) is 0 Å². The summed E-state index contributed by atoms with van der Waals surface area (Å²) in [6.45, 7) is 0.672. The summed E-state index contributed by atoms with van der Waals surface area (Å²) in [5, 5.41) is 2.37. The zero-order valence-corrected chi connectivity index (χ0v) is 16.2. The lowest BCUT2D eigenvalue weighted by molar-refractivity contribution is 0.626. The quantitative estimate of drug-likeness (QED) is 0.347. The number of para-hydroxylation sites is 1. The number of pyridine rings is 1. The van der Waals surface area contributed by atoms with E-state index in [-0.39, 0.29) is 5.82 Å². The van der Waals surface area contributed by atoms with Gasteiger partial charge in [-0.3, -0.25) is 4.40 Å². The highest BCUT2D eigenvalue weighted by molar-refractivity contribution is 6.09. The summed E-state index contributed by atoms with van der Waals surface area (Å²) in [6, 6.07) is 27.6. The van der Waals surface area contributed by atoms with E-state index in [1.807, 2.05) is 36.5 Å². The molecule has 0 spiro atoms. The van der Waals surface area contributed by atoms with Gasteiger partial charge in [0.05, 0.1) is 17.4 Å². The van der Waals surface area contributed by atoms with E-state index >= 15 is 0 Å². The van der Waals surface area contributed by atoms with Gasteiger partial charge in [0.1, 0.15) is 11.5 Å². The molecule has 0 aliphatic rings. The van der Waals surface area contributed by atoms with Crippen LogP contribution in [-0.2, 0) is 6.54 Å². The second-order valence-electron chi connectivity index (χ2n) is 7.54. The minimum Gasteiger partial charge on any atom is -0.335 e. The Labute approximate surface area is 172 Å². The van der Waals surface area contributed by atoms with Crippen molar-refractivity contribution in [1.29, 1.82) is 0 Å². The molecule has 3 aromatic heterocycles. The maximum atomic E-state index is 13.4. The Morgan fingerprint density at radius 3 is 2.37 bits per heavy atom. The zero-order chi connectivity index (χ0) is 20.1. The Balaban J connectivity index is 1.63. The molecule has 6 rings (SSSR count). The van der Waals surface area contributed by atoms with Crippen LogP contribution in [0.15, 0.2) is 97.3 Å². The van der Waals surface area contributed by atoms with E-state index in [2.05, 4.69) is 62.6 Å². The van der Waals surface area contributed by atoms with Gasteiger partial charge in [-0.1, -0.05) is 60.7 Å². The van der Waals surface area contributed by atoms with Crippen LogP contribution in [0.3, 0.4) is 0 Å². The van der Waals surface area contributed by atoms with Crippen molar-refractivity contribution in [3.63, 3.8) is 0 Å². The van der Waals surface area contributed by atoms with Crippen LogP contribution >= 0.6 is 0 Å². The lowest BCUT2D eigenvalue weighted by Crippen LogP contribution is -2.00. The Morgan fingerprint density at radius 1 is 0.767 bits per heavy atom. The number of hydrogen-bond donors (Lipinski definition) is 0. The largest absolute Gasteiger partial charge is 0.335 e. The number of aromatic nitrogens is 3. The molecule has 3 heterocycles. The number of imidazole rings is 1. The SMILES string of the molecule is Fc1ccc(Cn2c3ccccc3c3cc4ncc(-c5ccccc5)n4cc32)cc1. The molecule has 3 nitrogen and oxygen atoms in total. The molecule has 6 aromatic rings. The molecule has 0 unspecified atom stereocenters. The van der Waals surface area contributed by atoms with Crippen molar-refractivity contribution >= 4 is 27.5 Å². The Bertz CT molecular complexity index is 1510. The van der Waals surface area contributed by atoms with Crippen molar-refractivity contribution in [2.24, 2.45) is 0 Å². The molecular weight excluding hydrogens is 373 g/mol. The van der Waals surface area contributed by atoms with Gasteiger partial charge in [0.2, 0.25) is 0 Å². The fraction of sp³-hybridized carbons (Fsp3) is 0.0385. The van der Waals surface area contributed by atoms with Crippen LogP contribution in [0.5, 0.6) is 0 Å². The van der Waals surface area contributed by atoms with Gasteiger partial charge in [0.25, 0.3) is 0 Å². The highest BCUT2D eigenvalue weighted by Crippen LogP contribution is 2.32. The first-order valence-corrected chi connectivity index (χ1v) is 9.96. The van der Waals surface area contributed by atoms with Gasteiger partial charge in [-0.05, 0) is 29.8 Å². The van der Waals surface area contributed by atoms with E-state index < -0.39 is 0 Å². The molecule has 3 aromatic carbocycles. The first-order chi connectivity index (χ1) is 14.8. The maximum Gasteiger partial charge on any atom is 0.137 e. The van der Waals surface area contributed by atoms with Gasteiger partial charge < -0.3 is 4.57 Å². The van der Waals surface area contributed by atoms with E-state index in [9.17, 15) is 4.39 Å². The minimum absolute atomic E-state index is 0.214. The topological polar surface area (TPSA) is 22.2 Å². The molecule has 0 aliphatic carbocycles. The summed E-state index contributed by atoms with van der Waals surface area (Å²) < 4.78 is 17.8. The van der Waals surface area contributed by atoms with Crippen molar-refractivity contribution < 1.29 is 4.39 Å². The molecule has 144 valence electrons. The van der Waals surface area contributed by atoms with Crippen molar-refractivity contribution in [3.05, 3.63) is 109 Å². The molecule has 0 saturated carbocycles. The number of hydrogen-bond acceptors (Lipinski definition) is 1. The van der Waals surface area contributed by atoms with Gasteiger partial charge in [-0.15, -0.1) is 0 Å². The first kappa shape index (κ1) is 17.0. The van der Waals surface area contributed by atoms with Crippen molar-refractivity contribution in [2.45, 2.75) is 6.54 Å². The summed E-state index contributed by atoms with van der Waals surface area (Å²) in [5.74, 6) is -0.214. The van der Waals surface area contributed by atoms with Crippen LogP contribution < -0.4 is 0 Å². The van der Waals surface area contributed by atoms with E-state index in [4.69, 9.17) is 0 Å². The lowest BCUT2D eigenvalue weighted by atomic mass is 10.1. The zero-order valence-electron chi connectivity index (χ0n) is 16.2. The molecule has 0 amide bonds. The van der Waals surface area contributed by atoms with Crippen LogP contribution in [0.25, 0.3) is 38.7 Å². The van der Waals surface area contributed by atoms with Gasteiger partial charge >= 0.3 is 0 Å². The third-order valence-corrected chi connectivity index (χ3v) is 5.73. The van der Waals surface area contributed by atoms with E-state index in [1.165, 1.54) is 22.9 Å². The highest BCUT2D eigenvalue weighted by Gasteiger charge is 2.14.